The molecule has 1 spiro atoms. The van der Waals surface area contributed by atoms with E-state index in [0.29, 0.717) is 17.9 Å². The summed E-state index contributed by atoms with van der Waals surface area (Å²) in [6.07, 6.45) is 12.5. The van der Waals surface area contributed by atoms with E-state index in [2.05, 4.69) is 78.0 Å². The van der Waals surface area contributed by atoms with Crippen LogP contribution >= 0.6 is 0 Å². The van der Waals surface area contributed by atoms with Crippen LogP contribution in [0, 0.1) is 11.3 Å². The van der Waals surface area contributed by atoms with Gasteiger partial charge in [0.25, 0.3) is 0 Å². The van der Waals surface area contributed by atoms with Crippen LogP contribution < -0.4 is 5.32 Å². The van der Waals surface area contributed by atoms with Crippen LogP contribution in [0.25, 0.3) is 16.3 Å². The van der Waals surface area contributed by atoms with E-state index in [1.807, 2.05) is 12.3 Å². The molecule has 6 heteroatoms. The largest absolute Gasteiger partial charge is 0.379 e. The number of likely N-dealkylation sites (N-methyl/N-ethyl adjacent to an activating group) is 1. The second kappa shape index (κ2) is 11.6. The van der Waals surface area contributed by atoms with Gasteiger partial charge in [0.05, 0.1) is 0 Å². The molecule has 2 saturated heterocycles. The van der Waals surface area contributed by atoms with Crippen molar-refractivity contribution in [3.8, 4) is 0 Å². The predicted molar refractivity (Wildman–Crippen MR) is 158 cm³/mol. The number of halogens is 1. The first-order valence-corrected chi connectivity index (χ1v) is 14.3. The van der Waals surface area contributed by atoms with Crippen LogP contribution in [-0.2, 0) is 0 Å². The molecule has 0 bridgehead atoms. The van der Waals surface area contributed by atoms with E-state index in [0.717, 1.165) is 30.8 Å². The summed E-state index contributed by atoms with van der Waals surface area (Å²) in [6, 6.07) is 8.82. The summed E-state index contributed by atoms with van der Waals surface area (Å²) in [7, 11) is 4.28. The summed E-state index contributed by atoms with van der Waals surface area (Å²) in [6.45, 7) is 12.0. The molecule has 38 heavy (non-hydrogen) atoms. The monoisotopic (exact) mass is 517 g/mol. The van der Waals surface area contributed by atoms with E-state index in [-0.39, 0.29) is 6.67 Å². The summed E-state index contributed by atoms with van der Waals surface area (Å²) in [5, 5.41) is 5.95. The average molecular weight is 518 g/mol. The van der Waals surface area contributed by atoms with Crippen LogP contribution in [0.5, 0.6) is 0 Å². The smallest absolute Gasteiger partial charge is 0.130 e. The molecule has 3 heterocycles. The lowest BCUT2D eigenvalue weighted by Crippen LogP contribution is -2.62. The van der Waals surface area contributed by atoms with Gasteiger partial charge >= 0.3 is 0 Å². The number of nitrogens with zero attached hydrogens (tertiary/aromatic N) is 4. The number of pyridine rings is 1. The van der Waals surface area contributed by atoms with Crippen molar-refractivity contribution in [2.24, 2.45) is 11.3 Å². The number of aromatic nitrogens is 1. The van der Waals surface area contributed by atoms with Gasteiger partial charge in [-0.05, 0) is 80.1 Å². The van der Waals surface area contributed by atoms with E-state index >= 15 is 0 Å². The molecule has 5 nitrogen and oxygen atoms in total. The fraction of sp³-hybridized carbons (Fsp3) is 0.531. The fourth-order valence-corrected chi connectivity index (χ4v) is 6.78. The highest BCUT2D eigenvalue weighted by atomic mass is 19.1. The first-order valence-electron chi connectivity index (χ1n) is 14.3. The van der Waals surface area contributed by atoms with Crippen molar-refractivity contribution < 1.29 is 4.39 Å². The van der Waals surface area contributed by atoms with Crippen molar-refractivity contribution in [3.05, 3.63) is 66.2 Å². The number of allylic oxidation sites excluding steroid dienone is 4. The Hall–Kier alpha value is -2.70. The average Bonchev–Trinajstić information content (AvgIpc) is 2.88. The maximum atomic E-state index is 12.6. The van der Waals surface area contributed by atoms with Crippen LogP contribution in [-0.4, -0.2) is 79.7 Å². The van der Waals surface area contributed by atoms with Gasteiger partial charge in [-0.1, -0.05) is 37.3 Å². The number of nitrogens with one attached hydrogen (secondary N) is 1. The van der Waals surface area contributed by atoms with Gasteiger partial charge in [-0.3, -0.25) is 9.80 Å². The summed E-state index contributed by atoms with van der Waals surface area (Å²) in [5.41, 5.74) is 5.37. The Balaban J connectivity index is 1.32. The molecule has 204 valence electrons. The molecule has 0 amide bonds. The second-order valence-electron chi connectivity index (χ2n) is 11.8. The highest BCUT2D eigenvalue weighted by molar-refractivity contribution is 5.89. The first kappa shape index (κ1) is 26.9. The summed E-state index contributed by atoms with van der Waals surface area (Å²) < 4.78 is 12.6. The zero-order chi connectivity index (χ0) is 26.7. The van der Waals surface area contributed by atoms with E-state index in [1.54, 1.807) is 0 Å². The van der Waals surface area contributed by atoms with E-state index in [4.69, 9.17) is 4.98 Å². The van der Waals surface area contributed by atoms with Gasteiger partial charge in [0.15, 0.2) is 0 Å². The molecule has 2 aliphatic heterocycles. The molecule has 2 aromatic rings. The van der Waals surface area contributed by atoms with Crippen LogP contribution in [0.2, 0.25) is 0 Å². The molecule has 1 saturated carbocycles. The van der Waals surface area contributed by atoms with E-state index in [1.165, 1.54) is 73.1 Å². The summed E-state index contributed by atoms with van der Waals surface area (Å²) in [4.78, 5) is 11.8. The lowest BCUT2D eigenvalue weighted by molar-refractivity contribution is -0.0852. The summed E-state index contributed by atoms with van der Waals surface area (Å²) in [5.74, 6) is 1.42. The first-order chi connectivity index (χ1) is 18.4. The number of piperidine rings is 1. The lowest BCUT2D eigenvalue weighted by Gasteiger charge is -2.59. The number of alkyl halides is 1. The molecule has 1 N–H and O–H groups in total. The van der Waals surface area contributed by atoms with Crippen LogP contribution in [0.3, 0.4) is 0 Å². The zero-order valence-electron chi connectivity index (χ0n) is 23.5. The molecule has 0 radical (unpaired) electrons. The number of hydrogen-bond acceptors (Lipinski definition) is 5. The normalized spacial score (nSPS) is 21.1. The van der Waals surface area contributed by atoms with Crippen LogP contribution in [0.1, 0.15) is 44.6 Å². The molecule has 5 rings (SSSR count). The Morgan fingerprint density at radius 2 is 1.89 bits per heavy atom. The standard InChI is InChI=1S/C32H44FN5/c1-5-28(30(36(3)4)21-37-13-8-7-9-14-37)24-10-11-25-20-34-31(17-26(25)16-24)35-29(6-2)27-18-32(19-27)22-38(23-32)15-12-33/h5-6,10-11,16-17,20,27H,1,7-9,12-15,18-19,21-23H2,2-4H3,(H,34,35)/b29-6-,30-28+. The maximum absolute atomic E-state index is 12.6. The molecule has 3 fully saturated rings. The van der Waals surface area contributed by atoms with Crippen molar-refractivity contribution in [2.75, 3.05) is 65.4 Å². The van der Waals surface area contributed by atoms with Crippen molar-refractivity contribution in [3.63, 3.8) is 0 Å². The summed E-state index contributed by atoms with van der Waals surface area (Å²) >= 11 is 0. The van der Waals surface area contributed by atoms with Gasteiger partial charge in [0.2, 0.25) is 0 Å². The van der Waals surface area contributed by atoms with Gasteiger partial charge in [-0.25, -0.2) is 9.37 Å². The number of rotatable bonds is 10. The van der Waals surface area contributed by atoms with Gasteiger partial charge in [-0.2, -0.15) is 0 Å². The number of anilines is 1. The molecule has 0 unspecified atom stereocenters. The molecular formula is C32H44FN5. The molecule has 1 aliphatic carbocycles. The third-order valence-corrected chi connectivity index (χ3v) is 8.81. The Bertz CT molecular complexity index is 1200. The van der Waals surface area contributed by atoms with Crippen molar-refractivity contribution in [2.45, 2.75) is 39.0 Å². The highest BCUT2D eigenvalue weighted by Crippen LogP contribution is 2.54. The lowest BCUT2D eigenvalue weighted by atomic mass is 9.57. The van der Waals surface area contributed by atoms with Crippen LogP contribution in [0.4, 0.5) is 10.2 Å². The maximum Gasteiger partial charge on any atom is 0.130 e. The number of fused-ring (bicyclic) bond motifs is 1. The van der Waals surface area contributed by atoms with E-state index < -0.39 is 0 Å². The molecule has 1 aromatic heterocycles. The van der Waals surface area contributed by atoms with Gasteiger partial charge < -0.3 is 10.2 Å². The van der Waals surface area contributed by atoms with Crippen LogP contribution in [0.15, 0.2) is 60.6 Å². The second-order valence-corrected chi connectivity index (χ2v) is 11.8. The van der Waals surface area contributed by atoms with Crippen molar-refractivity contribution in [1.29, 1.82) is 0 Å². The van der Waals surface area contributed by atoms with Gasteiger partial charge in [0.1, 0.15) is 12.5 Å². The Morgan fingerprint density at radius 3 is 2.55 bits per heavy atom. The van der Waals surface area contributed by atoms with Gasteiger partial charge in [-0.15, -0.1) is 0 Å². The number of likely N-dealkylation sites (tertiary alicyclic amines) is 2. The van der Waals surface area contributed by atoms with E-state index in [9.17, 15) is 4.39 Å². The number of benzene rings is 1. The zero-order valence-corrected chi connectivity index (χ0v) is 23.5. The third kappa shape index (κ3) is 5.67. The Labute approximate surface area is 228 Å². The minimum Gasteiger partial charge on any atom is -0.379 e. The number of hydrogen-bond donors (Lipinski definition) is 1. The Kier molecular flexibility index (Phi) is 8.20. The molecule has 3 aliphatic rings. The molecule has 0 atom stereocenters. The van der Waals surface area contributed by atoms with Crippen molar-refractivity contribution >= 4 is 22.2 Å². The Morgan fingerprint density at radius 1 is 1.13 bits per heavy atom. The minimum absolute atomic E-state index is 0.241. The SMILES string of the molecule is C=C/C(=C(/CN1CCCCC1)N(C)C)c1ccc2cnc(N/C(=C\C)C3CC4(C3)CN(CCF)C4)cc2c1. The van der Waals surface area contributed by atoms with Gasteiger partial charge in [0, 0.05) is 68.8 Å². The topological polar surface area (TPSA) is 34.6 Å². The minimum atomic E-state index is -0.241. The highest BCUT2D eigenvalue weighted by Gasteiger charge is 2.52. The molecular weight excluding hydrogens is 473 g/mol. The fourth-order valence-electron chi connectivity index (χ4n) is 6.78. The quantitative estimate of drug-likeness (QED) is 0.381. The van der Waals surface area contributed by atoms with Crippen molar-refractivity contribution in [1.82, 2.24) is 19.7 Å². The molecule has 1 aromatic carbocycles. The third-order valence-electron chi connectivity index (χ3n) is 8.81. The predicted octanol–water partition coefficient (Wildman–Crippen LogP) is 6.18.